The third-order valence-electron chi connectivity index (χ3n) is 6.70. The van der Waals surface area contributed by atoms with Crippen molar-refractivity contribution in [3.8, 4) is 22.5 Å². The van der Waals surface area contributed by atoms with Gasteiger partial charge < -0.3 is 19.1 Å². The molecule has 11 heteroatoms. The fourth-order valence-corrected chi connectivity index (χ4v) is 4.57. The fraction of sp³-hybridized carbons (Fsp3) is 0.419. The molecule has 2 heterocycles. The minimum absolute atomic E-state index is 0.00613. The average Bonchev–Trinajstić information content (AvgIpc) is 3.60. The van der Waals surface area contributed by atoms with E-state index in [1.54, 1.807) is 34.6 Å². The number of H-pyrrole nitrogens is 1. The van der Waals surface area contributed by atoms with E-state index in [4.69, 9.17) is 9.47 Å². The van der Waals surface area contributed by atoms with Gasteiger partial charge in [-0.15, -0.1) is 5.10 Å². The number of aromatic amines is 1. The smallest absolute Gasteiger partial charge is 0.361 e. The van der Waals surface area contributed by atoms with E-state index in [2.05, 4.69) is 32.5 Å². The first-order chi connectivity index (χ1) is 19.9. The first kappa shape index (κ1) is 30.6. The predicted molar refractivity (Wildman–Crippen MR) is 156 cm³/mol. The topological polar surface area (TPSA) is 145 Å². The molecule has 2 N–H and O–H groups in total. The maximum Gasteiger partial charge on any atom is 0.361 e. The number of rotatable bonds is 11. The van der Waals surface area contributed by atoms with Gasteiger partial charge in [0.1, 0.15) is 11.4 Å². The van der Waals surface area contributed by atoms with Crippen molar-refractivity contribution in [1.29, 1.82) is 0 Å². The Morgan fingerprint density at radius 3 is 2.26 bits per heavy atom. The standard InChI is InChI=1S/C31H38N6O5/c1-7-8-13-24-32-25(28(38)41-19-42-29(39)30(2,3)4)26(31(5,6)40)37(24)18-20-14-16-21(17-15-20)22-11-9-10-12-23(22)27-33-35-36-34-27/h9-12,14-17,40H,7-8,13,18-19H2,1-6H3,(H,33,34,35,36). The summed E-state index contributed by atoms with van der Waals surface area (Å²) < 4.78 is 12.3. The normalized spacial score (nSPS) is 11.9. The number of aryl methyl sites for hydroxylation is 1. The number of hydrogen-bond acceptors (Lipinski definition) is 9. The first-order valence-corrected chi connectivity index (χ1v) is 14.0. The van der Waals surface area contributed by atoms with Gasteiger partial charge in [0.15, 0.2) is 11.5 Å². The molecule has 0 fully saturated rings. The lowest BCUT2D eigenvalue weighted by atomic mass is 9.98. The van der Waals surface area contributed by atoms with Crippen LogP contribution >= 0.6 is 0 Å². The van der Waals surface area contributed by atoms with Gasteiger partial charge in [-0.25, -0.2) is 14.9 Å². The van der Waals surface area contributed by atoms with Crippen molar-refractivity contribution < 1.29 is 24.2 Å². The minimum Gasteiger partial charge on any atom is -0.427 e. The molecule has 0 amide bonds. The first-order valence-electron chi connectivity index (χ1n) is 14.0. The summed E-state index contributed by atoms with van der Waals surface area (Å²) in [6, 6.07) is 15.9. The van der Waals surface area contributed by atoms with Crippen LogP contribution in [0.15, 0.2) is 48.5 Å². The van der Waals surface area contributed by atoms with Crippen LogP contribution in [0.3, 0.4) is 0 Å². The third kappa shape index (κ3) is 7.09. The van der Waals surface area contributed by atoms with Crippen molar-refractivity contribution in [2.24, 2.45) is 5.41 Å². The summed E-state index contributed by atoms with van der Waals surface area (Å²) in [5, 5.41) is 25.4. The predicted octanol–water partition coefficient (Wildman–Crippen LogP) is 5.05. The summed E-state index contributed by atoms with van der Waals surface area (Å²) in [4.78, 5) is 29.9. The van der Waals surface area contributed by atoms with E-state index >= 15 is 0 Å². The maximum atomic E-state index is 13.1. The Labute approximate surface area is 245 Å². The lowest BCUT2D eigenvalue weighted by Gasteiger charge is -2.22. The van der Waals surface area contributed by atoms with Crippen LogP contribution in [0.2, 0.25) is 0 Å². The molecule has 2 aromatic heterocycles. The van der Waals surface area contributed by atoms with Gasteiger partial charge in [-0.05, 0) is 68.2 Å². The Bertz CT molecular complexity index is 1510. The molecule has 222 valence electrons. The van der Waals surface area contributed by atoms with Crippen molar-refractivity contribution in [2.45, 2.75) is 73.0 Å². The number of aromatic nitrogens is 6. The summed E-state index contributed by atoms with van der Waals surface area (Å²) in [6.45, 7) is 10.3. The van der Waals surface area contributed by atoms with Gasteiger partial charge in [-0.1, -0.05) is 61.9 Å². The van der Waals surface area contributed by atoms with Crippen LogP contribution in [0.5, 0.6) is 0 Å². The Kier molecular flexibility index (Phi) is 9.20. The van der Waals surface area contributed by atoms with E-state index in [0.717, 1.165) is 35.1 Å². The summed E-state index contributed by atoms with van der Waals surface area (Å²) in [5.41, 5.74) is 2.01. The SMILES string of the molecule is CCCCc1nc(C(=O)OCOC(=O)C(C)(C)C)c(C(C)(C)O)n1Cc1ccc(-c2ccccc2-c2nnn[nH]2)cc1. The van der Waals surface area contributed by atoms with Gasteiger partial charge in [0.05, 0.1) is 11.1 Å². The van der Waals surface area contributed by atoms with Crippen LogP contribution in [-0.4, -0.2) is 54.0 Å². The zero-order valence-corrected chi connectivity index (χ0v) is 25.0. The number of aliphatic hydroxyl groups is 1. The average molecular weight is 575 g/mol. The quantitative estimate of drug-likeness (QED) is 0.186. The van der Waals surface area contributed by atoms with Gasteiger partial charge in [-0.3, -0.25) is 4.79 Å². The number of imidazole rings is 1. The summed E-state index contributed by atoms with van der Waals surface area (Å²) in [7, 11) is 0. The van der Waals surface area contributed by atoms with Gasteiger partial charge in [0.2, 0.25) is 6.79 Å². The second-order valence-corrected chi connectivity index (χ2v) is 11.7. The zero-order chi connectivity index (χ0) is 30.5. The maximum absolute atomic E-state index is 13.1. The van der Waals surface area contributed by atoms with E-state index in [0.29, 0.717) is 30.3 Å². The van der Waals surface area contributed by atoms with Crippen LogP contribution in [-0.2, 0) is 32.8 Å². The molecule has 4 aromatic rings. The van der Waals surface area contributed by atoms with Gasteiger partial charge in [0.25, 0.3) is 0 Å². The molecular weight excluding hydrogens is 536 g/mol. The summed E-state index contributed by atoms with van der Waals surface area (Å²) in [5.74, 6) is -0.00847. The molecule has 0 aliphatic heterocycles. The number of esters is 2. The number of tetrazole rings is 1. The summed E-state index contributed by atoms with van der Waals surface area (Å²) in [6.07, 6.45) is 2.40. The molecule has 0 aliphatic rings. The highest BCUT2D eigenvalue weighted by atomic mass is 16.7. The highest BCUT2D eigenvalue weighted by molar-refractivity contribution is 5.89. The molecule has 0 radical (unpaired) electrons. The lowest BCUT2D eigenvalue weighted by molar-refractivity contribution is -0.161. The second-order valence-electron chi connectivity index (χ2n) is 11.7. The molecule has 2 aromatic carbocycles. The Balaban J connectivity index is 1.64. The molecule has 0 unspecified atom stereocenters. The number of hydrogen-bond donors (Lipinski definition) is 2. The van der Waals surface area contributed by atoms with Crippen LogP contribution in [0.25, 0.3) is 22.5 Å². The molecule has 42 heavy (non-hydrogen) atoms. The van der Waals surface area contributed by atoms with Crippen LogP contribution < -0.4 is 0 Å². The highest BCUT2D eigenvalue weighted by Gasteiger charge is 2.33. The van der Waals surface area contributed by atoms with E-state index in [9.17, 15) is 14.7 Å². The van der Waals surface area contributed by atoms with Crippen molar-refractivity contribution in [1.82, 2.24) is 30.2 Å². The number of benzene rings is 2. The highest BCUT2D eigenvalue weighted by Crippen LogP contribution is 2.31. The van der Waals surface area contributed by atoms with E-state index in [-0.39, 0.29) is 5.69 Å². The largest absolute Gasteiger partial charge is 0.427 e. The monoisotopic (exact) mass is 574 g/mol. The van der Waals surface area contributed by atoms with E-state index < -0.39 is 29.7 Å². The van der Waals surface area contributed by atoms with Crippen molar-refractivity contribution in [3.05, 3.63) is 71.3 Å². The van der Waals surface area contributed by atoms with Crippen LogP contribution in [0, 0.1) is 5.41 Å². The number of carbonyl (C=O) groups is 2. The van der Waals surface area contributed by atoms with Crippen molar-refractivity contribution in [2.75, 3.05) is 6.79 Å². The van der Waals surface area contributed by atoms with Gasteiger partial charge in [-0.2, -0.15) is 0 Å². The number of unbranched alkanes of at least 4 members (excludes halogenated alkanes) is 1. The summed E-state index contributed by atoms with van der Waals surface area (Å²) >= 11 is 0. The number of ether oxygens (including phenoxy) is 2. The number of nitrogens with one attached hydrogen (secondary N) is 1. The molecule has 0 bridgehead atoms. The Morgan fingerprint density at radius 2 is 1.67 bits per heavy atom. The molecule has 0 saturated heterocycles. The lowest BCUT2D eigenvalue weighted by Crippen LogP contribution is -2.27. The third-order valence-corrected chi connectivity index (χ3v) is 6.70. The molecule has 0 spiro atoms. The molecular formula is C31H38N6O5. The van der Waals surface area contributed by atoms with Gasteiger partial charge >= 0.3 is 11.9 Å². The number of carbonyl (C=O) groups excluding carboxylic acids is 2. The van der Waals surface area contributed by atoms with E-state index in [1.807, 2.05) is 53.1 Å². The molecule has 4 rings (SSSR count). The second kappa shape index (κ2) is 12.6. The van der Waals surface area contributed by atoms with E-state index in [1.165, 1.54) is 0 Å². The Hall–Kier alpha value is -4.38. The molecule has 0 atom stereocenters. The Morgan fingerprint density at radius 1 is 0.976 bits per heavy atom. The zero-order valence-electron chi connectivity index (χ0n) is 25.0. The van der Waals surface area contributed by atoms with Gasteiger partial charge in [0, 0.05) is 18.5 Å². The fourth-order valence-electron chi connectivity index (χ4n) is 4.57. The molecule has 0 aliphatic carbocycles. The van der Waals surface area contributed by atoms with Crippen molar-refractivity contribution >= 4 is 11.9 Å². The van der Waals surface area contributed by atoms with Crippen LogP contribution in [0.1, 0.15) is 82.0 Å². The molecule has 11 nitrogen and oxygen atoms in total. The minimum atomic E-state index is -1.40. The van der Waals surface area contributed by atoms with Crippen LogP contribution in [0.4, 0.5) is 0 Å². The van der Waals surface area contributed by atoms with Crippen molar-refractivity contribution in [3.63, 3.8) is 0 Å². The molecule has 0 saturated carbocycles. The number of nitrogens with zero attached hydrogens (tertiary/aromatic N) is 5.